The molecule has 14 heavy (non-hydrogen) atoms. The van der Waals surface area contributed by atoms with Crippen LogP contribution in [0.25, 0.3) is 0 Å². The van der Waals surface area contributed by atoms with Crippen LogP contribution >= 0.6 is 0 Å². The van der Waals surface area contributed by atoms with Crippen LogP contribution in [0.5, 0.6) is 0 Å². The molecule has 0 aliphatic heterocycles. The number of aromatic nitrogens is 1. The molecule has 0 atom stereocenters. The Labute approximate surface area is 84.9 Å². The molecule has 1 aliphatic carbocycles. The number of nitrogens with zero attached hydrogens (tertiary/aromatic N) is 1. The average molecular weight is 191 g/mol. The van der Waals surface area contributed by atoms with Crippen molar-refractivity contribution in [2.75, 3.05) is 18.9 Å². The van der Waals surface area contributed by atoms with Crippen LogP contribution < -0.4 is 10.6 Å². The smallest absolute Gasteiger partial charge is 0.0530 e. The van der Waals surface area contributed by atoms with Crippen molar-refractivity contribution in [2.24, 2.45) is 0 Å². The third-order valence-electron chi connectivity index (χ3n) is 2.89. The lowest BCUT2D eigenvalue weighted by molar-refractivity contribution is 0.578. The van der Waals surface area contributed by atoms with Crippen LogP contribution in [0, 0.1) is 6.92 Å². The van der Waals surface area contributed by atoms with E-state index >= 15 is 0 Å². The molecule has 1 aromatic heterocycles. The predicted molar refractivity (Wildman–Crippen MR) is 58.5 cm³/mol. The van der Waals surface area contributed by atoms with Gasteiger partial charge >= 0.3 is 0 Å². The van der Waals surface area contributed by atoms with E-state index in [9.17, 15) is 0 Å². The van der Waals surface area contributed by atoms with Gasteiger partial charge in [0.15, 0.2) is 0 Å². The topological polar surface area (TPSA) is 37.0 Å². The van der Waals surface area contributed by atoms with E-state index in [0.29, 0.717) is 5.54 Å². The lowest BCUT2D eigenvalue weighted by Crippen LogP contribution is -2.34. The average Bonchev–Trinajstić information content (AvgIpc) is 2.96. The van der Waals surface area contributed by atoms with E-state index in [2.05, 4.69) is 28.6 Å². The Kier molecular flexibility index (Phi) is 2.42. The van der Waals surface area contributed by atoms with Gasteiger partial charge in [0.1, 0.15) is 0 Å². The number of nitrogens with one attached hydrogen (secondary N) is 2. The fraction of sp³-hybridized carbons (Fsp3) is 0.545. The van der Waals surface area contributed by atoms with Crippen molar-refractivity contribution < 1.29 is 0 Å². The summed E-state index contributed by atoms with van der Waals surface area (Å²) in [5, 5.41) is 6.77. The largest absolute Gasteiger partial charge is 0.382 e. The summed E-state index contributed by atoms with van der Waals surface area (Å²) >= 11 is 0. The maximum atomic E-state index is 4.15. The van der Waals surface area contributed by atoms with Gasteiger partial charge in [-0.05, 0) is 38.4 Å². The van der Waals surface area contributed by atoms with Crippen molar-refractivity contribution in [3.05, 3.63) is 24.0 Å². The molecular formula is C11H17N3. The summed E-state index contributed by atoms with van der Waals surface area (Å²) in [4.78, 5) is 4.15. The van der Waals surface area contributed by atoms with Crippen LogP contribution in [0.15, 0.2) is 18.5 Å². The first-order chi connectivity index (χ1) is 6.74. The second-order valence-corrected chi connectivity index (χ2v) is 4.13. The van der Waals surface area contributed by atoms with E-state index in [1.54, 1.807) is 0 Å². The van der Waals surface area contributed by atoms with Gasteiger partial charge in [-0.1, -0.05) is 0 Å². The molecule has 0 amide bonds. The van der Waals surface area contributed by atoms with Crippen molar-refractivity contribution in [1.82, 2.24) is 10.3 Å². The van der Waals surface area contributed by atoms with E-state index in [0.717, 1.165) is 12.2 Å². The zero-order valence-electron chi connectivity index (χ0n) is 8.80. The quantitative estimate of drug-likeness (QED) is 0.758. The minimum atomic E-state index is 0.351. The number of anilines is 1. The van der Waals surface area contributed by atoms with Gasteiger partial charge in [-0.2, -0.15) is 0 Å². The number of hydrogen-bond donors (Lipinski definition) is 2. The van der Waals surface area contributed by atoms with Gasteiger partial charge in [0.25, 0.3) is 0 Å². The van der Waals surface area contributed by atoms with Gasteiger partial charge in [0.2, 0.25) is 0 Å². The van der Waals surface area contributed by atoms with Gasteiger partial charge in [-0.3, -0.25) is 4.98 Å². The molecule has 0 aromatic carbocycles. The van der Waals surface area contributed by atoms with E-state index in [4.69, 9.17) is 0 Å². The number of likely N-dealkylation sites (N-methyl/N-ethyl adjacent to an activating group) is 1. The molecule has 1 saturated carbocycles. The molecule has 76 valence electrons. The molecule has 0 unspecified atom stereocenters. The van der Waals surface area contributed by atoms with E-state index < -0.39 is 0 Å². The third-order valence-corrected chi connectivity index (χ3v) is 2.89. The lowest BCUT2D eigenvalue weighted by atomic mass is 10.2. The first-order valence-corrected chi connectivity index (χ1v) is 5.09. The Morgan fingerprint density at radius 3 is 2.79 bits per heavy atom. The summed E-state index contributed by atoms with van der Waals surface area (Å²) in [7, 11) is 2.03. The van der Waals surface area contributed by atoms with Gasteiger partial charge in [0.05, 0.1) is 5.69 Å². The Balaban J connectivity index is 1.92. The van der Waals surface area contributed by atoms with E-state index in [1.807, 2.05) is 19.4 Å². The second kappa shape index (κ2) is 3.58. The fourth-order valence-electron chi connectivity index (χ4n) is 1.59. The van der Waals surface area contributed by atoms with Crippen LogP contribution in [0.3, 0.4) is 0 Å². The van der Waals surface area contributed by atoms with Crippen LogP contribution in [0.4, 0.5) is 5.69 Å². The third kappa shape index (κ3) is 2.04. The lowest BCUT2D eigenvalue weighted by Gasteiger charge is -2.15. The van der Waals surface area contributed by atoms with Gasteiger partial charge in [0, 0.05) is 24.5 Å². The van der Waals surface area contributed by atoms with Crippen LogP contribution in [0.2, 0.25) is 0 Å². The van der Waals surface area contributed by atoms with Crippen molar-refractivity contribution in [2.45, 2.75) is 25.3 Å². The van der Waals surface area contributed by atoms with Gasteiger partial charge < -0.3 is 10.6 Å². The molecule has 0 saturated heterocycles. The summed E-state index contributed by atoms with van der Waals surface area (Å²) in [5.41, 5.74) is 2.67. The first kappa shape index (κ1) is 9.46. The molecule has 2 N–H and O–H groups in total. The predicted octanol–water partition coefficient (Wildman–Crippen LogP) is 1.55. The van der Waals surface area contributed by atoms with Crippen LogP contribution in [0.1, 0.15) is 18.4 Å². The minimum Gasteiger partial charge on any atom is -0.382 e. The molecule has 2 rings (SSSR count). The number of aryl methyl sites for hydroxylation is 1. The van der Waals surface area contributed by atoms with Crippen molar-refractivity contribution in [1.29, 1.82) is 0 Å². The van der Waals surface area contributed by atoms with Crippen LogP contribution in [-0.4, -0.2) is 24.1 Å². The SMILES string of the molecule is CNC1(CNc2cncc(C)c2)CC1. The molecule has 3 heteroatoms. The maximum absolute atomic E-state index is 4.15. The Morgan fingerprint density at radius 2 is 2.21 bits per heavy atom. The highest BCUT2D eigenvalue weighted by atomic mass is 15.1. The highest BCUT2D eigenvalue weighted by Gasteiger charge is 2.40. The Morgan fingerprint density at radius 1 is 1.43 bits per heavy atom. The summed E-state index contributed by atoms with van der Waals surface area (Å²) in [5.74, 6) is 0. The molecule has 0 radical (unpaired) electrons. The zero-order valence-corrected chi connectivity index (χ0v) is 8.80. The second-order valence-electron chi connectivity index (χ2n) is 4.13. The molecule has 3 nitrogen and oxygen atoms in total. The van der Waals surface area contributed by atoms with E-state index in [1.165, 1.54) is 18.4 Å². The Hall–Kier alpha value is -1.09. The molecule has 0 bridgehead atoms. The molecule has 1 aliphatic rings. The minimum absolute atomic E-state index is 0.351. The maximum Gasteiger partial charge on any atom is 0.0530 e. The van der Waals surface area contributed by atoms with Crippen molar-refractivity contribution in [3.63, 3.8) is 0 Å². The monoisotopic (exact) mass is 191 g/mol. The molecule has 1 aromatic rings. The fourth-order valence-corrected chi connectivity index (χ4v) is 1.59. The highest BCUT2D eigenvalue weighted by molar-refractivity contribution is 5.43. The van der Waals surface area contributed by atoms with E-state index in [-0.39, 0.29) is 0 Å². The molecular weight excluding hydrogens is 174 g/mol. The standard InChI is InChI=1S/C11H17N3/c1-9-5-10(7-13-6-9)14-8-11(12-2)3-4-11/h5-7,12,14H,3-4,8H2,1-2H3. The van der Waals surface area contributed by atoms with Crippen molar-refractivity contribution in [3.8, 4) is 0 Å². The Bertz CT molecular complexity index is 318. The molecule has 0 spiro atoms. The summed E-state index contributed by atoms with van der Waals surface area (Å²) in [6, 6.07) is 2.12. The molecule has 1 fully saturated rings. The van der Waals surface area contributed by atoms with Gasteiger partial charge in [-0.15, -0.1) is 0 Å². The summed E-state index contributed by atoms with van der Waals surface area (Å²) in [6.45, 7) is 3.05. The summed E-state index contributed by atoms with van der Waals surface area (Å²) in [6.07, 6.45) is 6.29. The van der Waals surface area contributed by atoms with Crippen LogP contribution in [-0.2, 0) is 0 Å². The number of hydrogen-bond acceptors (Lipinski definition) is 3. The number of pyridine rings is 1. The van der Waals surface area contributed by atoms with Crippen molar-refractivity contribution >= 4 is 5.69 Å². The highest BCUT2D eigenvalue weighted by Crippen LogP contribution is 2.34. The molecule has 1 heterocycles. The first-order valence-electron chi connectivity index (χ1n) is 5.09. The van der Waals surface area contributed by atoms with Gasteiger partial charge in [-0.25, -0.2) is 0 Å². The number of rotatable bonds is 4. The summed E-state index contributed by atoms with van der Waals surface area (Å²) < 4.78 is 0. The zero-order chi connectivity index (χ0) is 10.0. The normalized spacial score (nSPS) is 17.9.